The standard InChI is InChI=1S/C10H14O2/c1-8-3-4-10(12-2)7-9(8)5-6-11/h3-4,7,11H,5-6H2,1-2H3. The average Bonchev–Trinajstić information content (AvgIpc) is 2.09. The molecule has 0 spiro atoms. The maximum atomic E-state index is 8.77. The van der Waals surface area contributed by atoms with Crippen LogP contribution in [0.2, 0.25) is 0 Å². The Morgan fingerprint density at radius 3 is 2.75 bits per heavy atom. The first-order valence-corrected chi connectivity index (χ1v) is 4.02. The number of hydrogen-bond donors (Lipinski definition) is 1. The van der Waals surface area contributed by atoms with E-state index in [1.807, 2.05) is 25.1 Å². The lowest BCUT2D eigenvalue weighted by atomic mass is 10.1. The van der Waals surface area contributed by atoms with Crippen LogP contribution in [0.15, 0.2) is 18.2 Å². The molecular weight excluding hydrogens is 152 g/mol. The Hall–Kier alpha value is -1.02. The number of aliphatic hydroxyl groups excluding tert-OH is 1. The van der Waals surface area contributed by atoms with Gasteiger partial charge >= 0.3 is 0 Å². The van der Waals surface area contributed by atoms with Crippen LogP contribution >= 0.6 is 0 Å². The molecule has 0 aliphatic carbocycles. The summed E-state index contributed by atoms with van der Waals surface area (Å²) in [4.78, 5) is 0. The number of hydrogen-bond acceptors (Lipinski definition) is 2. The predicted octanol–water partition coefficient (Wildman–Crippen LogP) is 1.54. The number of aliphatic hydroxyl groups is 1. The third-order valence-corrected chi connectivity index (χ3v) is 1.94. The lowest BCUT2D eigenvalue weighted by Crippen LogP contribution is -1.94. The Bertz CT molecular complexity index is 256. The Balaban J connectivity index is 2.91. The van der Waals surface area contributed by atoms with Crippen molar-refractivity contribution in [3.8, 4) is 5.75 Å². The quantitative estimate of drug-likeness (QED) is 0.738. The largest absolute Gasteiger partial charge is 0.497 e. The van der Waals surface area contributed by atoms with E-state index >= 15 is 0 Å². The van der Waals surface area contributed by atoms with E-state index in [-0.39, 0.29) is 6.61 Å². The first-order valence-electron chi connectivity index (χ1n) is 4.02. The summed E-state index contributed by atoms with van der Waals surface area (Å²) in [7, 11) is 1.65. The van der Waals surface area contributed by atoms with Crippen molar-refractivity contribution in [2.45, 2.75) is 13.3 Å². The zero-order valence-electron chi connectivity index (χ0n) is 7.50. The molecule has 0 aliphatic heterocycles. The van der Waals surface area contributed by atoms with Crippen LogP contribution in [0.3, 0.4) is 0 Å². The van der Waals surface area contributed by atoms with Crippen LogP contribution < -0.4 is 4.74 Å². The monoisotopic (exact) mass is 166 g/mol. The number of benzene rings is 1. The Labute approximate surface area is 72.8 Å². The Kier molecular flexibility index (Phi) is 3.11. The van der Waals surface area contributed by atoms with Gasteiger partial charge in [-0.25, -0.2) is 0 Å². The lowest BCUT2D eigenvalue weighted by molar-refractivity contribution is 0.299. The van der Waals surface area contributed by atoms with Gasteiger partial charge in [0, 0.05) is 6.61 Å². The lowest BCUT2D eigenvalue weighted by Gasteiger charge is -2.06. The molecule has 66 valence electrons. The summed E-state index contributed by atoms with van der Waals surface area (Å²) in [6, 6.07) is 5.89. The van der Waals surface area contributed by atoms with Gasteiger partial charge in [0.15, 0.2) is 0 Å². The minimum Gasteiger partial charge on any atom is -0.497 e. The Morgan fingerprint density at radius 2 is 2.17 bits per heavy atom. The van der Waals surface area contributed by atoms with E-state index in [1.54, 1.807) is 7.11 Å². The molecule has 1 N–H and O–H groups in total. The van der Waals surface area contributed by atoms with Crippen LogP contribution in [0.25, 0.3) is 0 Å². The molecular formula is C10H14O2. The van der Waals surface area contributed by atoms with Gasteiger partial charge in [-0.3, -0.25) is 0 Å². The van der Waals surface area contributed by atoms with Gasteiger partial charge in [0.25, 0.3) is 0 Å². The zero-order valence-corrected chi connectivity index (χ0v) is 7.50. The van der Waals surface area contributed by atoms with Crippen molar-refractivity contribution in [1.82, 2.24) is 0 Å². The SMILES string of the molecule is COc1ccc(C)c(CCO)c1. The van der Waals surface area contributed by atoms with E-state index in [9.17, 15) is 0 Å². The molecule has 0 saturated carbocycles. The number of aryl methyl sites for hydroxylation is 1. The maximum absolute atomic E-state index is 8.77. The van der Waals surface area contributed by atoms with Crippen LogP contribution in [0.4, 0.5) is 0 Å². The molecule has 0 fully saturated rings. The summed E-state index contributed by atoms with van der Waals surface area (Å²) in [6.45, 7) is 2.22. The number of methoxy groups -OCH3 is 1. The summed E-state index contributed by atoms with van der Waals surface area (Å²) < 4.78 is 5.07. The zero-order chi connectivity index (χ0) is 8.97. The second kappa shape index (κ2) is 4.12. The van der Waals surface area contributed by atoms with Crippen molar-refractivity contribution >= 4 is 0 Å². The molecule has 0 heterocycles. The normalized spacial score (nSPS) is 9.92. The van der Waals surface area contributed by atoms with Crippen LogP contribution in [-0.2, 0) is 6.42 Å². The summed E-state index contributed by atoms with van der Waals surface area (Å²) in [5.41, 5.74) is 2.35. The highest BCUT2D eigenvalue weighted by molar-refractivity contribution is 5.34. The van der Waals surface area contributed by atoms with E-state index in [2.05, 4.69) is 0 Å². The van der Waals surface area contributed by atoms with E-state index in [0.717, 1.165) is 11.3 Å². The molecule has 0 aromatic heterocycles. The van der Waals surface area contributed by atoms with Gasteiger partial charge in [-0.15, -0.1) is 0 Å². The van der Waals surface area contributed by atoms with Gasteiger partial charge in [-0.2, -0.15) is 0 Å². The molecule has 1 aromatic carbocycles. The molecule has 0 atom stereocenters. The highest BCUT2D eigenvalue weighted by atomic mass is 16.5. The van der Waals surface area contributed by atoms with Crippen LogP contribution in [0.5, 0.6) is 5.75 Å². The molecule has 0 amide bonds. The minimum atomic E-state index is 0.188. The van der Waals surface area contributed by atoms with Crippen molar-refractivity contribution in [1.29, 1.82) is 0 Å². The number of rotatable bonds is 3. The molecule has 12 heavy (non-hydrogen) atoms. The first kappa shape index (κ1) is 9.07. The van der Waals surface area contributed by atoms with Gasteiger partial charge in [0.05, 0.1) is 7.11 Å². The molecule has 2 heteroatoms. The number of ether oxygens (including phenoxy) is 1. The van der Waals surface area contributed by atoms with Crippen LogP contribution in [0.1, 0.15) is 11.1 Å². The van der Waals surface area contributed by atoms with Gasteiger partial charge < -0.3 is 9.84 Å². The predicted molar refractivity (Wildman–Crippen MR) is 48.5 cm³/mol. The first-order chi connectivity index (χ1) is 5.77. The third-order valence-electron chi connectivity index (χ3n) is 1.94. The van der Waals surface area contributed by atoms with Crippen molar-refractivity contribution in [2.24, 2.45) is 0 Å². The summed E-state index contributed by atoms with van der Waals surface area (Å²) in [5, 5.41) is 8.77. The molecule has 0 radical (unpaired) electrons. The van der Waals surface area contributed by atoms with Crippen molar-refractivity contribution < 1.29 is 9.84 Å². The van der Waals surface area contributed by atoms with Gasteiger partial charge in [-0.05, 0) is 36.6 Å². The molecule has 0 aliphatic rings. The summed E-state index contributed by atoms with van der Waals surface area (Å²) in [6.07, 6.45) is 0.697. The second-order valence-electron chi connectivity index (χ2n) is 2.77. The van der Waals surface area contributed by atoms with Crippen molar-refractivity contribution in [3.05, 3.63) is 29.3 Å². The summed E-state index contributed by atoms with van der Waals surface area (Å²) >= 11 is 0. The van der Waals surface area contributed by atoms with E-state index in [0.29, 0.717) is 6.42 Å². The van der Waals surface area contributed by atoms with E-state index in [4.69, 9.17) is 9.84 Å². The molecule has 1 rings (SSSR count). The molecule has 2 nitrogen and oxygen atoms in total. The highest BCUT2D eigenvalue weighted by Crippen LogP contribution is 2.16. The average molecular weight is 166 g/mol. The third kappa shape index (κ3) is 1.98. The fourth-order valence-electron chi connectivity index (χ4n) is 1.16. The van der Waals surface area contributed by atoms with E-state index < -0.39 is 0 Å². The van der Waals surface area contributed by atoms with Gasteiger partial charge in [-0.1, -0.05) is 6.07 Å². The molecule has 0 saturated heterocycles. The fraction of sp³-hybridized carbons (Fsp3) is 0.400. The van der Waals surface area contributed by atoms with Crippen molar-refractivity contribution in [2.75, 3.05) is 13.7 Å². The second-order valence-corrected chi connectivity index (χ2v) is 2.77. The van der Waals surface area contributed by atoms with Crippen LogP contribution in [0, 0.1) is 6.92 Å². The highest BCUT2D eigenvalue weighted by Gasteiger charge is 1.99. The van der Waals surface area contributed by atoms with Crippen molar-refractivity contribution in [3.63, 3.8) is 0 Å². The van der Waals surface area contributed by atoms with Crippen LogP contribution in [-0.4, -0.2) is 18.8 Å². The molecule has 0 bridgehead atoms. The molecule has 1 aromatic rings. The maximum Gasteiger partial charge on any atom is 0.119 e. The Morgan fingerprint density at radius 1 is 1.42 bits per heavy atom. The van der Waals surface area contributed by atoms with Gasteiger partial charge in [0.2, 0.25) is 0 Å². The minimum absolute atomic E-state index is 0.188. The molecule has 0 unspecified atom stereocenters. The summed E-state index contributed by atoms with van der Waals surface area (Å²) in [5.74, 6) is 0.851. The van der Waals surface area contributed by atoms with E-state index in [1.165, 1.54) is 5.56 Å². The smallest absolute Gasteiger partial charge is 0.119 e. The fourth-order valence-corrected chi connectivity index (χ4v) is 1.16. The van der Waals surface area contributed by atoms with Gasteiger partial charge in [0.1, 0.15) is 5.75 Å². The topological polar surface area (TPSA) is 29.5 Å².